The van der Waals surface area contributed by atoms with E-state index in [-0.39, 0.29) is 0 Å². The van der Waals surface area contributed by atoms with E-state index in [1.165, 1.54) is 25.7 Å². The summed E-state index contributed by atoms with van der Waals surface area (Å²) >= 11 is 0. The van der Waals surface area contributed by atoms with Gasteiger partial charge in [0.2, 0.25) is 0 Å². The summed E-state index contributed by atoms with van der Waals surface area (Å²) in [5.74, 6) is 3.52. The Bertz CT molecular complexity index is 454. The number of carboxylic acid groups (broad SMARTS) is 1. The first kappa shape index (κ1) is 19.4. The molecule has 0 heterocycles. The third-order valence-corrected chi connectivity index (χ3v) is 3.57. The van der Waals surface area contributed by atoms with Crippen LogP contribution in [0.2, 0.25) is 0 Å². The third-order valence-electron chi connectivity index (χ3n) is 2.97. The van der Waals surface area contributed by atoms with E-state index in [1.807, 2.05) is 0 Å². The molecule has 112 valence electrons. The van der Waals surface area contributed by atoms with Crippen LogP contribution in [0.1, 0.15) is 58.3 Å². The number of hydrogen-bond donors (Lipinski definition) is 1. The average Bonchev–Trinajstić information content (AvgIpc) is 2.41. The van der Waals surface area contributed by atoms with Crippen molar-refractivity contribution in [3.63, 3.8) is 0 Å². The molecule has 1 N–H and O–H groups in total. The Labute approximate surface area is 122 Å². The van der Waals surface area contributed by atoms with Crippen molar-refractivity contribution < 1.29 is 19.0 Å². The Hall–Kier alpha value is -0.550. The van der Waals surface area contributed by atoms with E-state index >= 15 is 0 Å². The Balaban J connectivity index is 4.22. The monoisotopic (exact) mass is 317 g/mol. The second-order valence-electron chi connectivity index (χ2n) is 4.52. The molecule has 0 aliphatic heterocycles. The van der Waals surface area contributed by atoms with E-state index in [2.05, 4.69) is 18.4 Å². The number of nitrogens with zero attached hydrogens (tertiary/aromatic N) is 1. The molecule has 0 rings (SSSR count). The second-order valence-corrected chi connectivity index (χ2v) is 5.28. The van der Waals surface area contributed by atoms with Gasteiger partial charge in [0.05, 0.1) is 0 Å². The molecule has 0 amide bonds. The Morgan fingerprint density at radius 2 is 1.55 bits per heavy atom. The maximum atomic E-state index is 11.2. The van der Waals surface area contributed by atoms with Crippen LogP contribution in [0, 0.1) is 11.5 Å². The molecule has 0 spiro atoms. The van der Waals surface area contributed by atoms with E-state index < -0.39 is 27.8 Å². The molecule has 7 heteroatoms. The molecule has 0 saturated carbocycles. The van der Waals surface area contributed by atoms with Gasteiger partial charge in [-0.05, 0) is 0 Å². The first-order valence-electron chi connectivity index (χ1n) is 6.85. The molecule has 1 unspecified atom stereocenters. The summed E-state index contributed by atoms with van der Waals surface area (Å²) < 4.78 is 21.0. The number of aliphatic carboxylic acids is 1. The molecular formula is C13H21NO4P2. The van der Waals surface area contributed by atoms with Gasteiger partial charge < -0.3 is 0 Å². The van der Waals surface area contributed by atoms with E-state index in [0.717, 1.165) is 24.2 Å². The Morgan fingerprint density at radius 3 is 2.00 bits per heavy atom. The topological polar surface area (TPSA) is 74.7 Å². The van der Waals surface area contributed by atoms with Gasteiger partial charge in [-0.2, -0.15) is 0 Å². The van der Waals surface area contributed by atoms with Gasteiger partial charge in [-0.1, -0.05) is 0 Å². The maximum absolute atomic E-state index is 11.2. The zero-order valence-electron chi connectivity index (χ0n) is 11.7. The number of carboxylic acids is 1. The van der Waals surface area contributed by atoms with Crippen LogP contribution in [0.3, 0.4) is 0 Å². The van der Waals surface area contributed by atoms with Crippen molar-refractivity contribution in [1.82, 2.24) is 4.90 Å². The summed E-state index contributed by atoms with van der Waals surface area (Å²) in [5.41, 5.74) is 0. The van der Waals surface area contributed by atoms with Crippen LogP contribution in [0.5, 0.6) is 0 Å². The van der Waals surface area contributed by atoms with Gasteiger partial charge in [-0.25, -0.2) is 0 Å². The Morgan fingerprint density at radius 1 is 1.05 bits per heavy atom. The molecule has 0 aromatic rings. The molecule has 0 aromatic heterocycles. The van der Waals surface area contributed by atoms with Crippen LogP contribution < -0.4 is 0 Å². The third kappa shape index (κ3) is 9.37. The standard InChI is InChI=1S/C13H21NO4P2/c1-2-3-4-5-6-7-8-9-12(13(15)16)14(10-19-17)11-20-18/h12H,2-9H2,1H3,(H,15,16). The van der Waals surface area contributed by atoms with Gasteiger partial charge in [0.1, 0.15) is 0 Å². The fraction of sp³-hybridized carbons (Fsp3) is 0.769. The quantitative estimate of drug-likeness (QED) is 0.369. The molecule has 0 aromatic carbocycles. The number of rotatable bonds is 10. The molecule has 0 aliphatic rings. The van der Waals surface area contributed by atoms with Gasteiger partial charge in [0, 0.05) is 0 Å². The fourth-order valence-electron chi connectivity index (χ4n) is 1.91. The minimum atomic E-state index is -1.05. The van der Waals surface area contributed by atoms with Crippen molar-refractivity contribution in [3.8, 4) is 11.5 Å². The van der Waals surface area contributed by atoms with E-state index in [9.17, 15) is 13.9 Å². The average molecular weight is 317 g/mol. The van der Waals surface area contributed by atoms with Crippen LogP contribution in [-0.4, -0.2) is 22.0 Å². The molecule has 0 bridgehead atoms. The summed E-state index contributed by atoms with van der Waals surface area (Å²) in [6, 6.07) is -0.909. The molecular weight excluding hydrogens is 296 g/mol. The normalized spacial score (nSPS) is 11.5. The van der Waals surface area contributed by atoms with Gasteiger partial charge in [-0.3, -0.25) is 0 Å². The van der Waals surface area contributed by atoms with Crippen LogP contribution in [-0.2, 0) is 13.9 Å². The van der Waals surface area contributed by atoms with Gasteiger partial charge in [0.25, 0.3) is 0 Å². The first-order chi connectivity index (χ1) is 9.67. The summed E-state index contributed by atoms with van der Waals surface area (Å²) in [6.07, 6.45) is 8.05. The second kappa shape index (κ2) is 13.4. The number of unbranched alkanes of at least 4 members (excludes halogenated alkanes) is 6. The van der Waals surface area contributed by atoms with Crippen molar-refractivity contribution in [2.75, 3.05) is 0 Å². The van der Waals surface area contributed by atoms with Crippen molar-refractivity contribution in [3.05, 3.63) is 0 Å². The van der Waals surface area contributed by atoms with Crippen LogP contribution in [0.25, 0.3) is 0 Å². The minimum absolute atomic E-state index is 0.397. The first-order valence-corrected chi connectivity index (χ1v) is 8.47. The van der Waals surface area contributed by atoms with Crippen LogP contribution >= 0.6 is 15.8 Å². The fourth-order valence-corrected chi connectivity index (χ4v) is 2.54. The Kier molecular flexibility index (Phi) is 13.1. The van der Waals surface area contributed by atoms with Gasteiger partial charge >= 0.3 is 122 Å². The van der Waals surface area contributed by atoms with Crippen molar-refractivity contribution in [2.45, 2.75) is 64.3 Å². The molecule has 0 aliphatic carbocycles. The molecule has 0 fully saturated rings. The number of hydrogen-bond acceptors (Lipinski definition) is 4. The zero-order chi connectivity index (χ0) is 15.2. The van der Waals surface area contributed by atoms with E-state index in [4.69, 9.17) is 5.11 Å². The molecule has 20 heavy (non-hydrogen) atoms. The zero-order valence-corrected chi connectivity index (χ0v) is 13.5. The van der Waals surface area contributed by atoms with E-state index in [1.54, 1.807) is 0 Å². The van der Waals surface area contributed by atoms with Gasteiger partial charge in [0.15, 0.2) is 0 Å². The molecule has 0 radical (unpaired) electrons. The van der Waals surface area contributed by atoms with Crippen molar-refractivity contribution >= 4 is 21.8 Å². The number of carbonyl (C=O) groups is 1. The van der Waals surface area contributed by atoms with E-state index in [0.29, 0.717) is 6.42 Å². The summed E-state index contributed by atoms with van der Waals surface area (Å²) in [5, 5.41) is 9.14. The van der Waals surface area contributed by atoms with Gasteiger partial charge in [-0.15, -0.1) is 0 Å². The molecule has 1 atom stereocenters. The van der Waals surface area contributed by atoms with Crippen molar-refractivity contribution in [1.29, 1.82) is 0 Å². The van der Waals surface area contributed by atoms with Crippen LogP contribution in [0.15, 0.2) is 0 Å². The molecule has 5 nitrogen and oxygen atoms in total. The predicted octanol–water partition coefficient (Wildman–Crippen LogP) is 4.30. The predicted molar refractivity (Wildman–Crippen MR) is 78.9 cm³/mol. The molecule has 0 saturated heterocycles. The van der Waals surface area contributed by atoms with Crippen LogP contribution in [0.4, 0.5) is 0 Å². The summed E-state index contributed by atoms with van der Waals surface area (Å²) in [4.78, 5) is 12.2. The SMILES string of the molecule is CCCCCCCCCC(C(=O)O)N(C#P=O)C#P=O. The summed E-state index contributed by atoms with van der Waals surface area (Å²) in [7, 11) is -0.900. The summed E-state index contributed by atoms with van der Waals surface area (Å²) in [6.45, 7) is 2.16. The van der Waals surface area contributed by atoms with Crippen molar-refractivity contribution in [2.24, 2.45) is 0 Å².